The maximum absolute atomic E-state index is 13.1. The van der Waals surface area contributed by atoms with Crippen molar-refractivity contribution in [3.63, 3.8) is 0 Å². The summed E-state index contributed by atoms with van der Waals surface area (Å²) >= 11 is 0. The van der Waals surface area contributed by atoms with Gasteiger partial charge in [0.15, 0.2) is 0 Å². The number of amides is 1. The fourth-order valence-electron chi connectivity index (χ4n) is 4.57. The van der Waals surface area contributed by atoms with E-state index in [1.165, 1.54) is 0 Å². The molecular formula is C26H25N7O3. The molecule has 1 fully saturated rings. The Morgan fingerprint density at radius 3 is 2.64 bits per heavy atom. The highest BCUT2D eigenvalue weighted by Crippen LogP contribution is 2.29. The number of benzene rings is 2. The predicted octanol–water partition coefficient (Wildman–Crippen LogP) is 3.82. The lowest BCUT2D eigenvalue weighted by molar-refractivity contribution is -0.116. The molecule has 2 aliphatic rings. The van der Waals surface area contributed by atoms with Crippen LogP contribution in [0.15, 0.2) is 70.1 Å². The number of hydrogen-bond acceptors (Lipinski definition) is 8. The van der Waals surface area contributed by atoms with Gasteiger partial charge in [-0.15, -0.1) is 5.10 Å². The summed E-state index contributed by atoms with van der Waals surface area (Å²) in [6, 6.07) is 19.6. The Labute approximate surface area is 207 Å². The van der Waals surface area contributed by atoms with Gasteiger partial charge in [0.1, 0.15) is 5.69 Å². The maximum Gasteiger partial charge on any atom is 0.317 e. The van der Waals surface area contributed by atoms with Crippen LogP contribution in [0.5, 0.6) is 0 Å². The molecule has 0 bridgehead atoms. The van der Waals surface area contributed by atoms with E-state index in [1.807, 2.05) is 72.3 Å². The van der Waals surface area contributed by atoms with E-state index in [0.29, 0.717) is 30.5 Å². The summed E-state index contributed by atoms with van der Waals surface area (Å²) in [5.74, 6) is 0.00499. The molecule has 0 aliphatic carbocycles. The summed E-state index contributed by atoms with van der Waals surface area (Å²) in [5.41, 5.74) is 4.72. The number of nitrogens with zero attached hydrogens (tertiary/aromatic N) is 5. The number of benzodiazepines with no additional fused rings is 1. The Bertz CT molecular complexity index is 1420. The van der Waals surface area contributed by atoms with Gasteiger partial charge in [-0.3, -0.25) is 9.48 Å². The van der Waals surface area contributed by atoms with Crippen molar-refractivity contribution in [2.45, 2.75) is 32.0 Å². The number of fused-ring (bicyclic) bond motifs is 1. The summed E-state index contributed by atoms with van der Waals surface area (Å²) in [5, 5.41) is 19.0. The van der Waals surface area contributed by atoms with Crippen LogP contribution in [0.3, 0.4) is 0 Å². The second-order valence-corrected chi connectivity index (χ2v) is 8.80. The number of ether oxygens (including phenoxy) is 1. The van der Waals surface area contributed by atoms with E-state index in [-0.39, 0.29) is 18.0 Å². The van der Waals surface area contributed by atoms with E-state index in [9.17, 15) is 4.79 Å². The first-order chi connectivity index (χ1) is 17.7. The Hall–Kier alpha value is -4.31. The van der Waals surface area contributed by atoms with E-state index < -0.39 is 6.17 Å². The van der Waals surface area contributed by atoms with Gasteiger partial charge in [-0.2, -0.15) is 5.10 Å². The number of carbonyl (C=O) groups excluding carboxylic acids is 1. The van der Waals surface area contributed by atoms with Gasteiger partial charge < -0.3 is 19.8 Å². The minimum Gasteiger partial charge on any atom is -0.402 e. The van der Waals surface area contributed by atoms with Crippen molar-refractivity contribution in [1.82, 2.24) is 20.0 Å². The van der Waals surface area contributed by atoms with Crippen LogP contribution in [-0.4, -0.2) is 51.0 Å². The van der Waals surface area contributed by atoms with Gasteiger partial charge in [0.05, 0.1) is 23.1 Å². The van der Waals surface area contributed by atoms with Crippen LogP contribution in [0.4, 0.5) is 11.7 Å². The van der Waals surface area contributed by atoms with Crippen LogP contribution in [0.25, 0.3) is 11.6 Å². The number of hydrogen-bond donors (Lipinski definition) is 2. The Morgan fingerprint density at radius 2 is 1.81 bits per heavy atom. The summed E-state index contributed by atoms with van der Waals surface area (Å²) in [7, 11) is 0. The molecule has 2 aromatic heterocycles. The zero-order chi connectivity index (χ0) is 24.5. The molecule has 0 spiro atoms. The van der Waals surface area contributed by atoms with Gasteiger partial charge in [-0.25, -0.2) is 4.99 Å². The van der Waals surface area contributed by atoms with Crippen molar-refractivity contribution >= 4 is 23.3 Å². The third-order valence-corrected chi connectivity index (χ3v) is 6.29. The van der Waals surface area contributed by atoms with Crippen molar-refractivity contribution < 1.29 is 13.9 Å². The van der Waals surface area contributed by atoms with Crippen molar-refractivity contribution in [3.8, 4) is 11.6 Å². The normalized spacial score (nSPS) is 18.2. The average Bonchev–Trinajstić information content (AvgIpc) is 3.51. The third-order valence-electron chi connectivity index (χ3n) is 6.29. The van der Waals surface area contributed by atoms with Crippen LogP contribution >= 0.6 is 0 Å². The highest BCUT2D eigenvalue weighted by molar-refractivity contribution is 6.19. The number of aromatic nitrogens is 4. The molecule has 0 radical (unpaired) electrons. The zero-order valence-electron chi connectivity index (χ0n) is 19.7. The molecule has 6 rings (SSSR count). The number of rotatable bonds is 5. The number of nitrogens with one attached hydrogen (secondary N) is 2. The molecule has 4 aromatic rings. The molecular weight excluding hydrogens is 458 g/mol. The lowest BCUT2D eigenvalue weighted by atomic mass is 10.0. The summed E-state index contributed by atoms with van der Waals surface area (Å²) in [6.45, 7) is 3.32. The average molecular weight is 484 g/mol. The molecule has 0 saturated carbocycles. The predicted molar refractivity (Wildman–Crippen MR) is 134 cm³/mol. The maximum atomic E-state index is 13.1. The number of aliphatic imine (C=N–C) groups is 1. The van der Waals surface area contributed by atoms with Gasteiger partial charge in [-0.1, -0.05) is 53.6 Å². The monoisotopic (exact) mass is 483 g/mol. The van der Waals surface area contributed by atoms with Crippen molar-refractivity contribution in [1.29, 1.82) is 0 Å². The number of aryl methyl sites for hydroxylation is 1. The fraction of sp³-hybridized carbons (Fsp3) is 0.269. The van der Waals surface area contributed by atoms with Crippen LogP contribution in [0.2, 0.25) is 0 Å². The zero-order valence-corrected chi connectivity index (χ0v) is 19.7. The molecule has 10 nitrogen and oxygen atoms in total. The molecule has 36 heavy (non-hydrogen) atoms. The van der Waals surface area contributed by atoms with Gasteiger partial charge in [0, 0.05) is 24.3 Å². The minimum atomic E-state index is -0.969. The molecule has 4 heterocycles. The van der Waals surface area contributed by atoms with Crippen molar-refractivity contribution in [2.75, 3.05) is 23.8 Å². The second-order valence-electron chi connectivity index (χ2n) is 8.80. The van der Waals surface area contributed by atoms with E-state index in [1.54, 1.807) is 0 Å². The van der Waals surface area contributed by atoms with Crippen molar-refractivity contribution in [3.05, 3.63) is 77.5 Å². The summed E-state index contributed by atoms with van der Waals surface area (Å²) < 4.78 is 13.4. The van der Waals surface area contributed by atoms with E-state index in [0.717, 1.165) is 35.4 Å². The third kappa shape index (κ3) is 4.27. The smallest absolute Gasteiger partial charge is 0.317 e. The molecule has 1 unspecified atom stereocenters. The number of carbonyl (C=O) groups is 1. The lowest BCUT2D eigenvalue weighted by Crippen LogP contribution is -2.32. The standard InChI is InChI=1S/C26H25N7O3/c1-16-15-21(33(32-16)18-11-13-35-14-12-18)25-30-31-26(36-25)29-23-24(34)27-20-10-6-5-9-19(20)22(28-23)17-7-3-2-4-8-17/h2-10,15,18,23H,11-14H2,1H3,(H,27,34)(H,29,31). The topological polar surface area (TPSA) is 119 Å². The Balaban J connectivity index is 1.31. The highest BCUT2D eigenvalue weighted by atomic mass is 16.5. The SMILES string of the molecule is Cc1cc(-c2nnc(NC3N=C(c4ccccc4)c4ccccc4NC3=O)o2)n(C2CCOCC2)n1. The first-order valence-corrected chi connectivity index (χ1v) is 11.9. The Kier molecular flexibility index (Phi) is 5.78. The van der Waals surface area contributed by atoms with E-state index in [4.69, 9.17) is 14.1 Å². The molecule has 2 N–H and O–H groups in total. The molecule has 1 saturated heterocycles. The first kappa shape index (κ1) is 22.2. The van der Waals surface area contributed by atoms with Gasteiger partial charge in [0.2, 0.25) is 6.17 Å². The van der Waals surface area contributed by atoms with Crippen LogP contribution in [0.1, 0.15) is 35.7 Å². The second kappa shape index (κ2) is 9.38. The number of para-hydroxylation sites is 1. The molecule has 182 valence electrons. The molecule has 1 amide bonds. The van der Waals surface area contributed by atoms with Gasteiger partial charge in [0.25, 0.3) is 11.8 Å². The van der Waals surface area contributed by atoms with E-state index >= 15 is 0 Å². The number of anilines is 2. The van der Waals surface area contributed by atoms with Crippen molar-refractivity contribution in [2.24, 2.45) is 4.99 Å². The molecule has 2 aromatic carbocycles. The molecule has 1 atom stereocenters. The highest BCUT2D eigenvalue weighted by Gasteiger charge is 2.28. The van der Waals surface area contributed by atoms with Gasteiger partial charge in [-0.05, 0) is 31.9 Å². The van der Waals surface area contributed by atoms with E-state index in [2.05, 4.69) is 25.9 Å². The summed E-state index contributed by atoms with van der Waals surface area (Å²) in [6.07, 6.45) is 0.767. The quantitative estimate of drug-likeness (QED) is 0.443. The summed E-state index contributed by atoms with van der Waals surface area (Å²) in [4.78, 5) is 17.9. The van der Waals surface area contributed by atoms with Crippen LogP contribution < -0.4 is 10.6 Å². The molecule has 2 aliphatic heterocycles. The fourth-order valence-corrected chi connectivity index (χ4v) is 4.57. The van der Waals surface area contributed by atoms with Crippen LogP contribution in [-0.2, 0) is 9.53 Å². The van der Waals surface area contributed by atoms with Crippen LogP contribution in [0, 0.1) is 6.92 Å². The minimum absolute atomic E-state index is 0.102. The van der Waals surface area contributed by atoms with Gasteiger partial charge >= 0.3 is 6.01 Å². The Morgan fingerprint density at radius 1 is 1.03 bits per heavy atom. The lowest BCUT2D eigenvalue weighted by Gasteiger charge is -2.23. The largest absolute Gasteiger partial charge is 0.402 e. The molecule has 10 heteroatoms. The first-order valence-electron chi connectivity index (χ1n) is 11.9.